The van der Waals surface area contributed by atoms with Crippen molar-refractivity contribution in [1.29, 1.82) is 0 Å². The van der Waals surface area contributed by atoms with E-state index in [2.05, 4.69) is 30.4 Å². The average Bonchev–Trinajstić information content (AvgIpc) is 2.91. The topological polar surface area (TPSA) is 34.0 Å². The zero-order chi connectivity index (χ0) is 19.0. The lowest BCUT2D eigenvalue weighted by Gasteiger charge is -2.12. The van der Waals surface area contributed by atoms with E-state index in [0.29, 0.717) is 33.0 Å². The van der Waals surface area contributed by atoms with Gasteiger partial charge in [0.05, 0.1) is 20.8 Å². The molecule has 0 atom stereocenters. The van der Waals surface area contributed by atoms with Crippen LogP contribution in [0.5, 0.6) is 0 Å². The maximum Gasteiger partial charge on any atom is 0.272 e. The Morgan fingerprint density at radius 3 is 2.38 bits per heavy atom. The number of fused-ring (bicyclic) bond motifs is 1. The number of halogens is 3. The van der Waals surface area contributed by atoms with Crippen LogP contribution in [0.1, 0.15) is 35.5 Å². The summed E-state index contributed by atoms with van der Waals surface area (Å²) in [5, 5.41) is 4.99. The molecule has 0 spiro atoms. The molecule has 2 aromatic carbocycles. The maximum atomic E-state index is 13.0. The SMILES string of the molecule is CCc1ccc2c(c1)c(C)c(C(=O)Nc1cc(Cl)c(Cl)cc1Cl)n2CC. The quantitative estimate of drug-likeness (QED) is 0.475. The number of hydrogen-bond acceptors (Lipinski definition) is 1. The minimum Gasteiger partial charge on any atom is -0.337 e. The van der Waals surface area contributed by atoms with Gasteiger partial charge in [-0.3, -0.25) is 4.79 Å². The van der Waals surface area contributed by atoms with E-state index in [1.165, 1.54) is 11.6 Å². The average molecular weight is 410 g/mol. The van der Waals surface area contributed by atoms with E-state index >= 15 is 0 Å². The Labute approximate surface area is 167 Å². The highest BCUT2D eigenvalue weighted by Gasteiger charge is 2.21. The second-order valence-corrected chi connectivity index (χ2v) is 7.34. The molecule has 0 unspecified atom stereocenters. The lowest BCUT2D eigenvalue weighted by Crippen LogP contribution is -2.18. The zero-order valence-corrected chi connectivity index (χ0v) is 17.1. The van der Waals surface area contributed by atoms with E-state index < -0.39 is 0 Å². The van der Waals surface area contributed by atoms with Crippen LogP contribution < -0.4 is 5.32 Å². The summed E-state index contributed by atoms with van der Waals surface area (Å²) in [4.78, 5) is 13.0. The Morgan fingerprint density at radius 1 is 1.04 bits per heavy atom. The second-order valence-electron chi connectivity index (χ2n) is 6.12. The van der Waals surface area contributed by atoms with E-state index in [0.717, 1.165) is 22.9 Å². The summed E-state index contributed by atoms with van der Waals surface area (Å²) in [6, 6.07) is 9.42. The fourth-order valence-corrected chi connectivity index (χ4v) is 3.80. The highest BCUT2D eigenvalue weighted by molar-refractivity contribution is 6.44. The Balaban J connectivity index is 2.08. The van der Waals surface area contributed by atoms with Crippen molar-refractivity contribution in [2.24, 2.45) is 0 Å². The number of carbonyl (C=O) groups is 1. The van der Waals surface area contributed by atoms with Gasteiger partial charge in [-0.1, -0.05) is 47.8 Å². The highest BCUT2D eigenvalue weighted by atomic mass is 35.5. The van der Waals surface area contributed by atoms with Crippen LogP contribution in [0.4, 0.5) is 5.69 Å². The molecule has 0 saturated heterocycles. The lowest BCUT2D eigenvalue weighted by atomic mass is 10.1. The largest absolute Gasteiger partial charge is 0.337 e. The number of aryl methyl sites for hydroxylation is 3. The molecule has 26 heavy (non-hydrogen) atoms. The minimum absolute atomic E-state index is 0.223. The smallest absolute Gasteiger partial charge is 0.272 e. The summed E-state index contributed by atoms with van der Waals surface area (Å²) in [6.07, 6.45) is 0.951. The lowest BCUT2D eigenvalue weighted by molar-refractivity contribution is 0.101. The molecule has 0 radical (unpaired) electrons. The van der Waals surface area contributed by atoms with Crippen molar-refractivity contribution in [1.82, 2.24) is 4.57 Å². The molecule has 1 N–H and O–H groups in total. The molecule has 136 valence electrons. The fraction of sp³-hybridized carbons (Fsp3) is 0.250. The number of amides is 1. The third-order valence-corrected chi connectivity index (χ3v) is 5.61. The third kappa shape index (κ3) is 3.32. The Bertz CT molecular complexity index is 1010. The molecule has 0 fully saturated rings. The first-order valence-electron chi connectivity index (χ1n) is 8.45. The molecule has 3 nitrogen and oxygen atoms in total. The predicted octanol–water partition coefficient (Wildman–Crippen LogP) is 6.74. The summed E-state index contributed by atoms with van der Waals surface area (Å²) in [5.74, 6) is -0.223. The van der Waals surface area contributed by atoms with Crippen molar-refractivity contribution in [3.8, 4) is 0 Å². The molecule has 0 aliphatic rings. The van der Waals surface area contributed by atoms with Gasteiger partial charge < -0.3 is 9.88 Å². The van der Waals surface area contributed by atoms with Crippen LogP contribution in [0.25, 0.3) is 10.9 Å². The number of benzene rings is 2. The number of hydrogen-bond donors (Lipinski definition) is 1. The molecular weight excluding hydrogens is 391 g/mol. The molecule has 0 aliphatic heterocycles. The molecule has 3 rings (SSSR count). The van der Waals surface area contributed by atoms with Crippen molar-refractivity contribution in [3.05, 3.63) is 62.2 Å². The molecule has 3 aromatic rings. The summed E-state index contributed by atoms with van der Waals surface area (Å²) in [7, 11) is 0. The van der Waals surface area contributed by atoms with E-state index in [1.807, 2.05) is 18.4 Å². The van der Waals surface area contributed by atoms with Crippen LogP contribution in [0.3, 0.4) is 0 Å². The summed E-state index contributed by atoms with van der Waals surface area (Å²) >= 11 is 18.2. The van der Waals surface area contributed by atoms with Gasteiger partial charge in [-0.2, -0.15) is 0 Å². The molecule has 0 saturated carbocycles. The summed E-state index contributed by atoms with van der Waals surface area (Å²) in [6.45, 7) is 6.80. The number of aromatic nitrogens is 1. The van der Waals surface area contributed by atoms with Gasteiger partial charge in [-0.15, -0.1) is 0 Å². The van der Waals surface area contributed by atoms with Gasteiger partial charge in [0.1, 0.15) is 5.69 Å². The number of rotatable bonds is 4. The normalized spacial score (nSPS) is 11.2. The van der Waals surface area contributed by atoms with E-state index in [1.54, 1.807) is 6.07 Å². The molecule has 1 heterocycles. The first-order chi connectivity index (χ1) is 12.4. The van der Waals surface area contributed by atoms with Crippen LogP contribution >= 0.6 is 34.8 Å². The highest BCUT2D eigenvalue weighted by Crippen LogP contribution is 2.33. The van der Waals surface area contributed by atoms with Crippen LogP contribution in [0.2, 0.25) is 15.1 Å². The number of nitrogens with zero attached hydrogens (tertiary/aromatic N) is 1. The van der Waals surface area contributed by atoms with Gasteiger partial charge in [0.15, 0.2) is 0 Å². The molecule has 0 bridgehead atoms. The van der Waals surface area contributed by atoms with Crippen molar-refractivity contribution in [2.75, 3.05) is 5.32 Å². The number of nitrogens with one attached hydrogen (secondary N) is 1. The maximum absolute atomic E-state index is 13.0. The third-order valence-electron chi connectivity index (χ3n) is 4.58. The van der Waals surface area contributed by atoms with Gasteiger partial charge in [0, 0.05) is 17.4 Å². The zero-order valence-electron chi connectivity index (χ0n) is 14.8. The number of anilines is 1. The van der Waals surface area contributed by atoms with Crippen molar-refractivity contribution in [2.45, 2.75) is 33.7 Å². The van der Waals surface area contributed by atoms with Gasteiger partial charge in [0.2, 0.25) is 0 Å². The van der Waals surface area contributed by atoms with E-state index in [9.17, 15) is 4.79 Å². The standard InChI is InChI=1S/C20H19Cl3N2O/c1-4-12-6-7-18-13(8-12)11(3)19(25(18)5-2)20(26)24-17-10-15(22)14(21)9-16(17)23/h6-10H,4-5H2,1-3H3,(H,24,26). The monoisotopic (exact) mass is 408 g/mol. The Kier molecular flexibility index (Phi) is 5.52. The first kappa shape index (κ1) is 19.1. The van der Waals surface area contributed by atoms with Crippen molar-refractivity contribution >= 4 is 57.3 Å². The van der Waals surface area contributed by atoms with Gasteiger partial charge >= 0.3 is 0 Å². The van der Waals surface area contributed by atoms with E-state index in [-0.39, 0.29) is 5.91 Å². The fourth-order valence-electron chi connectivity index (χ4n) is 3.21. The van der Waals surface area contributed by atoms with Crippen LogP contribution in [0.15, 0.2) is 30.3 Å². The molecule has 0 aliphatic carbocycles. The summed E-state index contributed by atoms with van der Waals surface area (Å²) < 4.78 is 2.02. The molecule has 1 amide bonds. The van der Waals surface area contributed by atoms with Crippen LogP contribution in [-0.4, -0.2) is 10.5 Å². The Hall–Kier alpha value is -1.68. The van der Waals surface area contributed by atoms with E-state index in [4.69, 9.17) is 34.8 Å². The number of carbonyl (C=O) groups excluding carboxylic acids is 1. The molecule has 1 aromatic heterocycles. The summed E-state index contributed by atoms with van der Waals surface area (Å²) in [5.41, 5.74) is 4.30. The predicted molar refractivity (Wildman–Crippen MR) is 111 cm³/mol. The van der Waals surface area contributed by atoms with Crippen molar-refractivity contribution < 1.29 is 4.79 Å². The van der Waals surface area contributed by atoms with Crippen LogP contribution in [0, 0.1) is 6.92 Å². The van der Waals surface area contributed by atoms with Crippen LogP contribution in [-0.2, 0) is 13.0 Å². The second kappa shape index (κ2) is 7.51. The minimum atomic E-state index is -0.223. The van der Waals surface area contributed by atoms with Gasteiger partial charge in [0.25, 0.3) is 5.91 Å². The molecule has 6 heteroatoms. The Morgan fingerprint density at radius 2 is 1.73 bits per heavy atom. The molecular formula is C20H19Cl3N2O. The van der Waals surface area contributed by atoms with Gasteiger partial charge in [-0.25, -0.2) is 0 Å². The van der Waals surface area contributed by atoms with Gasteiger partial charge in [-0.05, 0) is 55.7 Å². The first-order valence-corrected chi connectivity index (χ1v) is 9.58. The van der Waals surface area contributed by atoms with Crippen molar-refractivity contribution in [3.63, 3.8) is 0 Å².